The Hall–Kier alpha value is -2.74. The van der Waals surface area contributed by atoms with E-state index < -0.39 is 11.6 Å². The lowest BCUT2D eigenvalue weighted by Crippen LogP contribution is -2.25. The molecule has 8 heteroatoms. The van der Waals surface area contributed by atoms with Gasteiger partial charge in [0.1, 0.15) is 17.5 Å². The molecule has 0 unspecified atom stereocenters. The molecule has 6 nitrogen and oxygen atoms in total. The van der Waals surface area contributed by atoms with Crippen LogP contribution in [0, 0.1) is 17.6 Å². The fraction of sp³-hybridized carbons (Fsp3) is 0.333. The van der Waals surface area contributed by atoms with Gasteiger partial charge in [-0.25, -0.2) is 18.3 Å². The van der Waals surface area contributed by atoms with Crippen molar-refractivity contribution in [3.8, 4) is 0 Å². The summed E-state index contributed by atoms with van der Waals surface area (Å²) in [6, 6.07) is 5.10. The molecule has 4 rings (SSSR count). The van der Waals surface area contributed by atoms with E-state index in [1.165, 1.54) is 12.1 Å². The van der Waals surface area contributed by atoms with E-state index in [0.717, 1.165) is 12.5 Å². The van der Waals surface area contributed by atoms with Crippen molar-refractivity contribution < 1.29 is 8.78 Å². The third-order valence-corrected chi connectivity index (χ3v) is 4.92. The highest BCUT2D eigenvalue weighted by atomic mass is 19.1. The number of nitrogens with two attached hydrogens (primary N) is 2. The molecular formula is C18H20F2N6. The molecule has 3 aromatic rings. The van der Waals surface area contributed by atoms with Gasteiger partial charge in [0.25, 0.3) is 0 Å². The van der Waals surface area contributed by atoms with Gasteiger partial charge < -0.3 is 16.4 Å². The second kappa shape index (κ2) is 6.21. The SMILES string of the molecule is C[C@H]1C[C@H](c2cc(F)ccc2F)N(c2ccn3nc(N)c(CN)c3n2)C1. The van der Waals surface area contributed by atoms with Crippen LogP contribution >= 0.6 is 0 Å². The third-order valence-electron chi connectivity index (χ3n) is 4.92. The molecule has 0 saturated carbocycles. The Morgan fingerprint density at radius 1 is 1.27 bits per heavy atom. The standard InChI is InChI=1S/C18H20F2N6/c1-10-6-15(12-7-11(19)2-3-14(12)20)25(9-10)16-4-5-26-18(23-16)13(8-21)17(22)24-26/h2-5,7,10,15H,6,8-9,21H2,1H3,(H2,22,24)/t10-,15+/m0/s1. The van der Waals surface area contributed by atoms with Crippen LogP contribution in [0.3, 0.4) is 0 Å². The van der Waals surface area contributed by atoms with Crippen LogP contribution < -0.4 is 16.4 Å². The topological polar surface area (TPSA) is 85.5 Å². The molecule has 136 valence electrons. The van der Waals surface area contributed by atoms with Gasteiger partial charge >= 0.3 is 0 Å². The van der Waals surface area contributed by atoms with E-state index in [-0.39, 0.29) is 12.6 Å². The molecule has 1 aliphatic rings. The largest absolute Gasteiger partial charge is 0.382 e. The predicted octanol–water partition coefficient (Wildman–Crippen LogP) is 2.64. The smallest absolute Gasteiger partial charge is 0.164 e. The zero-order valence-corrected chi connectivity index (χ0v) is 14.4. The molecule has 26 heavy (non-hydrogen) atoms. The number of hydrogen-bond acceptors (Lipinski definition) is 5. The zero-order valence-electron chi connectivity index (χ0n) is 14.4. The van der Waals surface area contributed by atoms with Gasteiger partial charge in [-0.05, 0) is 36.6 Å². The van der Waals surface area contributed by atoms with E-state index in [9.17, 15) is 8.78 Å². The monoisotopic (exact) mass is 358 g/mol. The van der Waals surface area contributed by atoms with Gasteiger partial charge in [0.05, 0.1) is 11.6 Å². The molecule has 1 aromatic carbocycles. The lowest BCUT2D eigenvalue weighted by atomic mass is 10.0. The van der Waals surface area contributed by atoms with Crippen molar-refractivity contribution in [2.45, 2.75) is 25.9 Å². The fourth-order valence-corrected chi connectivity index (χ4v) is 3.70. The molecule has 0 radical (unpaired) electrons. The van der Waals surface area contributed by atoms with Gasteiger partial charge in [-0.3, -0.25) is 0 Å². The van der Waals surface area contributed by atoms with E-state index in [2.05, 4.69) is 17.0 Å². The number of hydrogen-bond donors (Lipinski definition) is 2. The molecule has 0 spiro atoms. The number of rotatable bonds is 3. The van der Waals surface area contributed by atoms with E-state index in [1.54, 1.807) is 10.7 Å². The van der Waals surface area contributed by atoms with Crippen LogP contribution in [0.25, 0.3) is 5.65 Å². The maximum atomic E-state index is 14.4. The van der Waals surface area contributed by atoms with E-state index in [0.29, 0.717) is 40.9 Å². The van der Waals surface area contributed by atoms with Gasteiger partial charge in [-0.2, -0.15) is 0 Å². The first-order valence-corrected chi connectivity index (χ1v) is 8.53. The highest BCUT2D eigenvalue weighted by Crippen LogP contribution is 2.39. The van der Waals surface area contributed by atoms with Crippen LogP contribution in [-0.2, 0) is 6.54 Å². The number of aromatic nitrogens is 3. The summed E-state index contributed by atoms with van der Waals surface area (Å²) in [4.78, 5) is 6.67. The van der Waals surface area contributed by atoms with Crippen LogP contribution in [-0.4, -0.2) is 21.1 Å². The number of nitrogen functional groups attached to an aromatic ring is 1. The maximum Gasteiger partial charge on any atom is 0.164 e. The fourth-order valence-electron chi connectivity index (χ4n) is 3.70. The first kappa shape index (κ1) is 16.7. The normalized spacial score (nSPS) is 20.2. The molecule has 2 atom stereocenters. The van der Waals surface area contributed by atoms with Crippen LogP contribution in [0.4, 0.5) is 20.4 Å². The second-order valence-corrected chi connectivity index (χ2v) is 6.80. The van der Waals surface area contributed by atoms with E-state index in [1.807, 2.05) is 11.0 Å². The molecule has 0 bridgehead atoms. The maximum absolute atomic E-state index is 14.4. The van der Waals surface area contributed by atoms with Crippen LogP contribution in [0.1, 0.15) is 30.5 Å². The molecule has 4 N–H and O–H groups in total. The number of halogens is 2. The summed E-state index contributed by atoms with van der Waals surface area (Å²) in [6.07, 6.45) is 2.48. The Morgan fingerprint density at radius 2 is 2.08 bits per heavy atom. The van der Waals surface area contributed by atoms with Crippen molar-refractivity contribution in [3.05, 3.63) is 53.2 Å². The van der Waals surface area contributed by atoms with Crippen molar-refractivity contribution >= 4 is 17.3 Å². The summed E-state index contributed by atoms with van der Waals surface area (Å²) in [6.45, 7) is 3.01. The molecule has 0 amide bonds. The number of nitrogens with zero attached hydrogens (tertiary/aromatic N) is 4. The van der Waals surface area contributed by atoms with Crippen LogP contribution in [0.15, 0.2) is 30.5 Å². The Kier molecular flexibility index (Phi) is 3.99. The molecular weight excluding hydrogens is 338 g/mol. The van der Waals surface area contributed by atoms with E-state index in [4.69, 9.17) is 11.5 Å². The van der Waals surface area contributed by atoms with Crippen molar-refractivity contribution in [2.75, 3.05) is 17.2 Å². The predicted molar refractivity (Wildman–Crippen MR) is 95.5 cm³/mol. The minimum Gasteiger partial charge on any atom is -0.382 e. The summed E-state index contributed by atoms with van der Waals surface area (Å²) >= 11 is 0. The molecule has 1 fully saturated rings. The average Bonchev–Trinajstić information content (AvgIpc) is 3.15. The molecule has 3 heterocycles. The Bertz CT molecular complexity index is 970. The highest BCUT2D eigenvalue weighted by molar-refractivity contribution is 5.62. The highest BCUT2D eigenvalue weighted by Gasteiger charge is 2.34. The summed E-state index contributed by atoms with van der Waals surface area (Å²) in [7, 11) is 0. The van der Waals surface area contributed by atoms with Gasteiger partial charge in [0.2, 0.25) is 0 Å². The molecule has 1 saturated heterocycles. The van der Waals surface area contributed by atoms with E-state index >= 15 is 0 Å². The lowest BCUT2D eigenvalue weighted by Gasteiger charge is -2.26. The average molecular weight is 358 g/mol. The van der Waals surface area contributed by atoms with Crippen LogP contribution in [0.5, 0.6) is 0 Å². The van der Waals surface area contributed by atoms with Crippen molar-refractivity contribution in [2.24, 2.45) is 11.7 Å². The Labute approximate surface area is 149 Å². The first-order chi connectivity index (χ1) is 12.5. The zero-order chi connectivity index (χ0) is 18.4. The number of benzene rings is 1. The minimum absolute atomic E-state index is 0.226. The summed E-state index contributed by atoms with van der Waals surface area (Å²) in [5, 5.41) is 4.19. The lowest BCUT2D eigenvalue weighted by molar-refractivity contribution is 0.549. The summed E-state index contributed by atoms with van der Waals surface area (Å²) in [5.41, 5.74) is 13.3. The second-order valence-electron chi connectivity index (χ2n) is 6.80. The molecule has 2 aromatic heterocycles. The number of anilines is 2. The Morgan fingerprint density at radius 3 is 2.85 bits per heavy atom. The van der Waals surface area contributed by atoms with Gasteiger partial charge in [0.15, 0.2) is 11.5 Å². The van der Waals surface area contributed by atoms with Gasteiger partial charge in [0, 0.05) is 24.8 Å². The van der Waals surface area contributed by atoms with Gasteiger partial charge in [-0.1, -0.05) is 6.92 Å². The molecule has 0 aliphatic carbocycles. The van der Waals surface area contributed by atoms with Crippen molar-refractivity contribution in [1.82, 2.24) is 14.6 Å². The van der Waals surface area contributed by atoms with Gasteiger partial charge in [-0.15, -0.1) is 5.10 Å². The summed E-state index contributed by atoms with van der Waals surface area (Å²) < 4.78 is 29.6. The van der Waals surface area contributed by atoms with Crippen molar-refractivity contribution in [1.29, 1.82) is 0 Å². The van der Waals surface area contributed by atoms with Crippen molar-refractivity contribution in [3.63, 3.8) is 0 Å². The van der Waals surface area contributed by atoms with Crippen LogP contribution in [0.2, 0.25) is 0 Å². The summed E-state index contributed by atoms with van der Waals surface area (Å²) in [5.74, 6) is 0.487. The third kappa shape index (κ3) is 2.66. The Balaban J connectivity index is 1.80. The quantitative estimate of drug-likeness (QED) is 0.752. The first-order valence-electron chi connectivity index (χ1n) is 8.53. The minimum atomic E-state index is -0.446. The number of fused-ring (bicyclic) bond motifs is 1. The molecule has 1 aliphatic heterocycles.